The molecule has 1 fully saturated rings. The van der Waals surface area contributed by atoms with Crippen LogP contribution < -0.4 is 0 Å². The number of nitrogens with zero attached hydrogens (tertiary/aromatic N) is 7. The lowest BCUT2D eigenvalue weighted by Crippen LogP contribution is -2.39. The van der Waals surface area contributed by atoms with Crippen molar-refractivity contribution >= 4 is 5.91 Å². The fourth-order valence-corrected chi connectivity index (χ4v) is 2.96. The fourth-order valence-electron chi connectivity index (χ4n) is 2.96. The Kier molecular flexibility index (Phi) is 4.01. The molecule has 0 radical (unpaired) electrons. The second-order valence-electron chi connectivity index (χ2n) is 6.25. The Morgan fingerprint density at radius 2 is 2.12 bits per heavy atom. The number of tetrazole rings is 1. The third-order valence-corrected chi connectivity index (χ3v) is 4.48. The zero-order chi connectivity index (χ0) is 17.2. The number of aryl methyl sites for hydroxylation is 1. The molecule has 0 spiro atoms. The molecule has 0 unspecified atom stereocenters. The summed E-state index contributed by atoms with van der Waals surface area (Å²) >= 11 is 0. The van der Waals surface area contributed by atoms with Crippen LogP contribution >= 0.6 is 0 Å². The van der Waals surface area contributed by atoms with Crippen LogP contribution in [0.1, 0.15) is 30.3 Å². The van der Waals surface area contributed by atoms with Gasteiger partial charge in [0.05, 0.1) is 6.54 Å². The van der Waals surface area contributed by atoms with Gasteiger partial charge in [-0.15, -0.1) is 5.10 Å². The van der Waals surface area contributed by atoms with E-state index in [0.29, 0.717) is 6.54 Å². The van der Waals surface area contributed by atoms with Crippen molar-refractivity contribution in [2.24, 2.45) is 7.05 Å². The van der Waals surface area contributed by atoms with E-state index in [1.165, 1.54) is 11.0 Å². The molecule has 3 aromatic rings. The van der Waals surface area contributed by atoms with E-state index >= 15 is 0 Å². The number of hydrogen-bond donors (Lipinski definition) is 0. The average molecular weight is 337 g/mol. The van der Waals surface area contributed by atoms with E-state index < -0.39 is 6.04 Å². The van der Waals surface area contributed by atoms with E-state index in [1.807, 2.05) is 53.0 Å². The molecule has 0 aliphatic heterocycles. The van der Waals surface area contributed by atoms with Crippen molar-refractivity contribution in [2.45, 2.75) is 31.5 Å². The number of benzene rings is 1. The van der Waals surface area contributed by atoms with Gasteiger partial charge in [0, 0.05) is 25.5 Å². The highest BCUT2D eigenvalue weighted by atomic mass is 16.2. The SMILES string of the molecule is Cn1ccnc1CN(C(=O)[C@H](c1ccccc1)n1cnnn1)C1CC1. The van der Waals surface area contributed by atoms with Gasteiger partial charge in [0.2, 0.25) is 0 Å². The molecular formula is C17H19N7O. The average Bonchev–Trinajstić information content (AvgIpc) is 3.17. The first-order chi connectivity index (χ1) is 12.2. The molecule has 1 aliphatic carbocycles. The van der Waals surface area contributed by atoms with Crippen LogP contribution in [0.25, 0.3) is 0 Å². The maximum absolute atomic E-state index is 13.4. The summed E-state index contributed by atoms with van der Waals surface area (Å²) in [4.78, 5) is 19.7. The van der Waals surface area contributed by atoms with Crippen LogP contribution in [-0.4, -0.2) is 46.6 Å². The largest absolute Gasteiger partial charge is 0.337 e. The van der Waals surface area contributed by atoms with Gasteiger partial charge in [-0.05, 0) is 28.8 Å². The van der Waals surface area contributed by atoms with Gasteiger partial charge in [-0.1, -0.05) is 30.3 Å². The van der Waals surface area contributed by atoms with Crippen LogP contribution in [0.3, 0.4) is 0 Å². The number of carbonyl (C=O) groups is 1. The summed E-state index contributed by atoms with van der Waals surface area (Å²) in [6.45, 7) is 0.485. The highest BCUT2D eigenvalue weighted by Crippen LogP contribution is 2.31. The van der Waals surface area contributed by atoms with E-state index in [0.717, 1.165) is 24.2 Å². The number of hydrogen-bond acceptors (Lipinski definition) is 5. The smallest absolute Gasteiger partial charge is 0.252 e. The molecule has 2 heterocycles. The summed E-state index contributed by atoms with van der Waals surface area (Å²) < 4.78 is 3.46. The van der Waals surface area contributed by atoms with Gasteiger partial charge in [0.1, 0.15) is 12.2 Å². The lowest BCUT2D eigenvalue weighted by Gasteiger charge is -2.27. The zero-order valence-electron chi connectivity index (χ0n) is 13.9. The molecule has 0 bridgehead atoms. The molecular weight excluding hydrogens is 318 g/mol. The number of rotatable bonds is 6. The third kappa shape index (κ3) is 3.15. The van der Waals surface area contributed by atoms with Gasteiger partial charge >= 0.3 is 0 Å². The minimum Gasteiger partial charge on any atom is -0.337 e. The van der Waals surface area contributed by atoms with E-state index in [1.54, 1.807) is 6.20 Å². The van der Waals surface area contributed by atoms with Gasteiger partial charge in [-0.3, -0.25) is 4.79 Å². The summed E-state index contributed by atoms with van der Waals surface area (Å²) in [5, 5.41) is 11.4. The molecule has 8 heteroatoms. The van der Waals surface area contributed by atoms with Gasteiger partial charge < -0.3 is 9.47 Å². The normalized spacial score (nSPS) is 15.1. The van der Waals surface area contributed by atoms with Crippen molar-refractivity contribution in [1.82, 2.24) is 34.7 Å². The molecule has 8 nitrogen and oxygen atoms in total. The Hall–Kier alpha value is -3.03. The Morgan fingerprint density at radius 3 is 2.72 bits per heavy atom. The molecule has 1 aromatic carbocycles. The van der Waals surface area contributed by atoms with Crippen molar-refractivity contribution < 1.29 is 4.79 Å². The molecule has 128 valence electrons. The highest BCUT2D eigenvalue weighted by molar-refractivity contribution is 5.84. The van der Waals surface area contributed by atoms with Crippen LogP contribution in [-0.2, 0) is 18.4 Å². The first kappa shape index (κ1) is 15.5. The second-order valence-corrected chi connectivity index (χ2v) is 6.25. The van der Waals surface area contributed by atoms with Gasteiger partial charge in [0.25, 0.3) is 5.91 Å². The van der Waals surface area contributed by atoms with Gasteiger partial charge in [-0.25, -0.2) is 9.67 Å². The molecule has 1 atom stereocenters. The molecule has 25 heavy (non-hydrogen) atoms. The molecule has 0 N–H and O–H groups in total. The summed E-state index contributed by atoms with van der Waals surface area (Å²) in [6, 6.07) is 9.30. The van der Waals surface area contributed by atoms with Crippen molar-refractivity contribution in [3.63, 3.8) is 0 Å². The van der Waals surface area contributed by atoms with Crippen molar-refractivity contribution in [3.05, 3.63) is 60.4 Å². The second kappa shape index (κ2) is 6.46. The molecule has 2 aromatic heterocycles. The molecule has 1 aliphatic rings. The number of aromatic nitrogens is 6. The van der Waals surface area contributed by atoms with Crippen LogP contribution in [0.5, 0.6) is 0 Å². The summed E-state index contributed by atoms with van der Waals surface area (Å²) in [7, 11) is 1.94. The van der Waals surface area contributed by atoms with Crippen LogP contribution in [0, 0.1) is 0 Å². The lowest BCUT2D eigenvalue weighted by atomic mass is 10.1. The topological polar surface area (TPSA) is 81.7 Å². The van der Waals surface area contributed by atoms with Crippen molar-refractivity contribution in [1.29, 1.82) is 0 Å². The Labute approximate surface area is 145 Å². The highest BCUT2D eigenvalue weighted by Gasteiger charge is 2.38. The molecule has 0 saturated heterocycles. The van der Waals surface area contributed by atoms with Crippen molar-refractivity contribution in [2.75, 3.05) is 0 Å². The number of carbonyl (C=O) groups excluding carboxylic acids is 1. The molecule has 1 amide bonds. The van der Waals surface area contributed by atoms with E-state index in [9.17, 15) is 4.79 Å². The predicted molar refractivity (Wildman–Crippen MR) is 89.2 cm³/mol. The standard InChI is InChI=1S/C17H19N7O/c1-22-10-9-18-15(22)11-23(14-7-8-14)17(25)16(24-12-19-20-21-24)13-5-3-2-4-6-13/h2-6,9-10,12,14,16H,7-8,11H2,1H3/t16-/m0/s1. The maximum Gasteiger partial charge on any atom is 0.252 e. The minimum absolute atomic E-state index is 0.0102. The minimum atomic E-state index is -0.572. The Balaban J connectivity index is 1.67. The van der Waals surface area contributed by atoms with E-state index in [4.69, 9.17) is 0 Å². The van der Waals surface area contributed by atoms with Gasteiger partial charge in [0.15, 0.2) is 6.04 Å². The van der Waals surface area contributed by atoms with Crippen LogP contribution in [0.4, 0.5) is 0 Å². The first-order valence-corrected chi connectivity index (χ1v) is 8.28. The molecule has 1 saturated carbocycles. The number of imidazole rings is 1. The predicted octanol–water partition coefficient (Wildman–Crippen LogP) is 1.19. The number of amides is 1. The quantitative estimate of drug-likeness (QED) is 0.675. The van der Waals surface area contributed by atoms with Crippen LogP contribution in [0.2, 0.25) is 0 Å². The Bertz CT molecular complexity index is 839. The van der Waals surface area contributed by atoms with Crippen molar-refractivity contribution in [3.8, 4) is 0 Å². The Morgan fingerprint density at radius 1 is 1.32 bits per heavy atom. The summed E-state index contributed by atoms with van der Waals surface area (Å²) in [5.74, 6) is 0.854. The van der Waals surface area contributed by atoms with E-state index in [2.05, 4.69) is 20.5 Å². The molecule has 4 rings (SSSR count). The maximum atomic E-state index is 13.4. The third-order valence-electron chi connectivity index (χ3n) is 4.48. The van der Waals surface area contributed by atoms with E-state index in [-0.39, 0.29) is 11.9 Å². The fraction of sp³-hybridized carbons (Fsp3) is 0.353. The summed E-state index contributed by atoms with van der Waals surface area (Å²) in [5.41, 5.74) is 0.866. The monoisotopic (exact) mass is 337 g/mol. The van der Waals surface area contributed by atoms with Crippen LogP contribution in [0.15, 0.2) is 49.1 Å². The summed E-state index contributed by atoms with van der Waals surface area (Å²) in [6.07, 6.45) is 7.17. The van der Waals surface area contributed by atoms with Gasteiger partial charge in [-0.2, -0.15) is 0 Å². The first-order valence-electron chi connectivity index (χ1n) is 8.28. The lowest BCUT2D eigenvalue weighted by molar-refractivity contribution is -0.135. The zero-order valence-corrected chi connectivity index (χ0v) is 13.9.